The first-order valence-electron chi connectivity index (χ1n) is 10.3. The number of carbonyl (C=O) groups is 2. The average Bonchev–Trinajstić information content (AvgIpc) is 3.33. The summed E-state index contributed by atoms with van der Waals surface area (Å²) in [5, 5.41) is 2.94. The quantitative estimate of drug-likeness (QED) is 0.533. The maximum atomic E-state index is 13.2. The molecule has 3 heterocycles. The molecule has 6 nitrogen and oxygen atoms in total. The number of hydrogen-bond donors (Lipinski definition) is 1. The van der Waals surface area contributed by atoms with Gasteiger partial charge in [0.1, 0.15) is 5.65 Å². The number of alkyl halides is 3. The Balaban J connectivity index is 1.58. The zero-order valence-electron chi connectivity index (χ0n) is 17.3. The van der Waals surface area contributed by atoms with Crippen LogP contribution in [0.25, 0.3) is 11.7 Å². The first kappa shape index (κ1) is 22.8. The first-order chi connectivity index (χ1) is 15.7. The van der Waals surface area contributed by atoms with Crippen molar-refractivity contribution in [3.05, 3.63) is 76.7 Å². The molecule has 2 amide bonds. The standard InChI is InChI=1S/C23H20ClF3N4O2/c24-22-18(31-12-2-1-7-19(31)29-22)9-10-20(32)28-17(14-30-11-4-8-21(30)33)15-5-3-6-16(13-15)23(25,26)27/h1-3,5-7,9-10,12-13,17H,4,8,11,14H2,(H,28,32)/b10-9+. The van der Waals surface area contributed by atoms with Crippen LogP contribution in [0.4, 0.5) is 13.2 Å². The zero-order valence-corrected chi connectivity index (χ0v) is 18.1. The Hall–Kier alpha value is -3.33. The number of halogens is 4. The molecule has 1 saturated heterocycles. The third-order valence-corrected chi connectivity index (χ3v) is 5.70. The fourth-order valence-corrected chi connectivity index (χ4v) is 4.03. The van der Waals surface area contributed by atoms with E-state index >= 15 is 0 Å². The van der Waals surface area contributed by atoms with E-state index in [2.05, 4.69) is 10.3 Å². The smallest absolute Gasteiger partial charge is 0.344 e. The molecule has 10 heteroatoms. The summed E-state index contributed by atoms with van der Waals surface area (Å²) in [5.74, 6) is -0.625. The minimum atomic E-state index is -4.52. The minimum Gasteiger partial charge on any atom is -0.344 e. The van der Waals surface area contributed by atoms with Crippen LogP contribution in [0.1, 0.15) is 35.7 Å². The number of carbonyl (C=O) groups excluding carboxylic acids is 2. The lowest BCUT2D eigenvalue weighted by Crippen LogP contribution is -2.38. The van der Waals surface area contributed by atoms with Crippen LogP contribution in [0.2, 0.25) is 5.15 Å². The highest BCUT2D eigenvalue weighted by Crippen LogP contribution is 2.31. The lowest BCUT2D eigenvalue weighted by atomic mass is 10.0. The number of imidazole rings is 1. The molecule has 0 radical (unpaired) electrons. The number of hydrogen-bond acceptors (Lipinski definition) is 3. The number of amides is 2. The number of fused-ring (bicyclic) bond motifs is 1. The highest BCUT2D eigenvalue weighted by atomic mass is 35.5. The molecule has 0 spiro atoms. The van der Waals surface area contributed by atoms with Crippen molar-refractivity contribution >= 4 is 35.1 Å². The van der Waals surface area contributed by atoms with E-state index in [4.69, 9.17) is 11.6 Å². The van der Waals surface area contributed by atoms with Gasteiger partial charge in [-0.2, -0.15) is 13.2 Å². The van der Waals surface area contributed by atoms with E-state index in [1.54, 1.807) is 33.7 Å². The van der Waals surface area contributed by atoms with Gasteiger partial charge >= 0.3 is 6.18 Å². The van der Waals surface area contributed by atoms with Gasteiger partial charge in [0.05, 0.1) is 17.3 Å². The van der Waals surface area contributed by atoms with E-state index in [1.165, 1.54) is 24.3 Å². The summed E-state index contributed by atoms with van der Waals surface area (Å²) < 4.78 is 41.4. The van der Waals surface area contributed by atoms with Crippen LogP contribution in [-0.4, -0.2) is 39.2 Å². The van der Waals surface area contributed by atoms with E-state index in [0.29, 0.717) is 30.7 Å². The highest BCUT2D eigenvalue weighted by molar-refractivity contribution is 6.31. The van der Waals surface area contributed by atoms with Gasteiger partial charge in [-0.1, -0.05) is 29.8 Å². The topological polar surface area (TPSA) is 66.7 Å². The summed E-state index contributed by atoms with van der Waals surface area (Å²) in [5.41, 5.74) is 0.545. The Bertz CT molecular complexity index is 1220. The van der Waals surface area contributed by atoms with E-state index < -0.39 is 23.7 Å². The summed E-state index contributed by atoms with van der Waals surface area (Å²) in [6.07, 6.45) is 1.02. The minimum absolute atomic E-state index is 0.0795. The van der Waals surface area contributed by atoms with E-state index in [-0.39, 0.29) is 23.2 Å². The lowest BCUT2D eigenvalue weighted by Gasteiger charge is -2.25. The van der Waals surface area contributed by atoms with Gasteiger partial charge in [-0.15, -0.1) is 0 Å². The van der Waals surface area contributed by atoms with Crippen LogP contribution >= 0.6 is 11.6 Å². The van der Waals surface area contributed by atoms with Crippen LogP contribution in [0, 0.1) is 0 Å². The van der Waals surface area contributed by atoms with Gasteiger partial charge in [0, 0.05) is 31.8 Å². The molecule has 0 saturated carbocycles. The average molecular weight is 477 g/mol. The second-order valence-electron chi connectivity index (χ2n) is 7.68. The van der Waals surface area contributed by atoms with Crippen molar-refractivity contribution in [2.24, 2.45) is 0 Å². The predicted octanol–water partition coefficient (Wildman–Crippen LogP) is 4.50. The molecule has 1 unspecified atom stereocenters. The maximum absolute atomic E-state index is 13.2. The van der Waals surface area contributed by atoms with Crippen molar-refractivity contribution in [1.82, 2.24) is 19.6 Å². The number of nitrogens with one attached hydrogen (secondary N) is 1. The van der Waals surface area contributed by atoms with Crippen molar-refractivity contribution in [2.75, 3.05) is 13.1 Å². The third-order valence-electron chi connectivity index (χ3n) is 5.42. The van der Waals surface area contributed by atoms with Crippen LogP contribution in [0.15, 0.2) is 54.7 Å². The number of likely N-dealkylation sites (tertiary alicyclic amines) is 1. The Morgan fingerprint density at radius 1 is 1.24 bits per heavy atom. The van der Waals surface area contributed by atoms with Crippen molar-refractivity contribution in [2.45, 2.75) is 25.1 Å². The number of nitrogens with zero attached hydrogens (tertiary/aromatic N) is 3. The highest BCUT2D eigenvalue weighted by Gasteiger charge is 2.32. The van der Waals surface area contributed by atoms with Gasteiger partial charge in [0.25, 0.3) is 0 Å². The van der Waals surface area contributed by atoms with E-state index in [1.807, 2.05) is 0 Å². The van der Waals surface area contributed by atoms with Crippen molar-refractivity contribution < 1.29 is 22.8 Å². The van der Waals surface area contributed by atoms with Gasteiger partial charge in [-0.25, -0.2) is 4.98 Å². The number of benzene rings is 1. The molecule has 1 aliphatic heterocycles. The van der Waals surface area contributed by atoms with Crippen molar-refractivity contribution in [3.63, 3.8) is 0 Å². The molecule has 1 aromatic carbocycles. The third kappa shape index (κ3) is 5.19. The largest absolute Gasteiger partial charge is 0.416 e. The monoisotopic (exact) mass is 476 g/mol. The van der Waals surface area contributed by atoms with Crippen LogP contribution < -0.4 is 5.32 Å². The Morgan fingerprint density at radius 2 is 2.06 bits per heavy atom. The molecule has 1 aliphatic rings. The summed E-state index contributed by atoms with van der Waals surface area (Å²) >= 11 is 6.18. The molecule has 2 aromatic heterocycles. The molecule has 0 aliphatic carbocycles. The Labute approximate surface area is 192 Å². The van der Waals surface area contributed by atoms with E-state index in [0.717, 1.165) is 12.1 Å². The summed E-state index contributed by atoms with van der Waals surface area (Å²) in [4.78, 5) is 30.6. The fourth-order valence-electron chi connectivity index (χ4n) is 3.79. The Morgan fingerprint density at radius 3 is 2.79 bits per heavy atom. The van der Waals surface area contributed by atoms with Gasteiger partial charge < -0.3 is 10.2 Å². The van der Waals surface area contributed by atoms with E-state index in [9.17, 15) is 22.8 Å². The molecule has 172 valence electrons. The summed E-state index contributed by atoms with van der Waals surface area (Å²) in [6, 6.07) is 9.30. The zero-order chi connectivity index (χ0) is 23.6. The van der Waals surface area contributed by atoms with Crippen molar-refractivity contribution in [3.8, 4) is 0 Å². The van der Waals surface area contributed by atoms with Crippen molar-refractivity contribution in [1.29, 1.82) is 0 Å². The van der Waals surface area contributed by atoms with Gasteiger partial charge in [0.15, 0.2) is 5.15 Å². The molecule has 1 N–H and O–H groups in total. The molecular weight excluding hydrogens is 457 g/mol. The first-order valence-corrected chi connectivity index (χ1v) is 10.7. The van der Waals surface area contributed by atoms with Crippen LogP contribution in [-0.2, 0) is 15.8 Å². The van der Waals surface area contributed by atoms with Gasteiger partial charge in [-0.05, 0) is 42.3 Å². The normalized spacial score (nSPS) is 15.5. The second kappa shape index (κ2) is 9.27. The second-order valence-corrected chi connectivity index (χ2v) is 8.04. The summed E-state index contributed by atoms with van der Waals surface area (Å²) in [6.45, 7) is 0.577. The molecule has 33 heavy (non-hydrogen) atoms. The van der Waals surface area contributed by atoms with Gasteiger partial charge in [-0.3, -0.25) is 14.0 Å². The molecule has 0 bridgehead atoms. The number of rotatable bonds is 6. The molecule has 4 rings (SSSR count). The fraction of sp³-hybridized carbons (Fsp3) is 0.261. The van der Waals surface area contributed by atoms with Crippen LogP contribution in [0.5, 0.6) is 0 Å². The lowest BCUT2D eigenvalue weighted by molar-refractivity contribution is -0.137. The van der Waals surface area contributed by atoms with Gasteiger partial charge in [0.2, 0.25) is 11.8 Å². The SMILES string of the molecule is O=C(/C=C/c1c(Cl)nc2ccccn12)NC(CN1CCCC1=O)c1cccc(C(F)(F)F)c1. The maximum Gasteiger partial charge on any atom is 0.416 e. The van der Waals surface area contributed by atoms with Crippen LogP contribution in [0.3, 0.4) is 0 Å². The molecular formula is C23H20ClF3N4O2. The predicted molar refractivity (Wildman–Crippen MR) is 117 cm³/mol. The molecule has 1 fully saturated rings. The number of pyridine rings is 1. The Kier molecular flexibility index (Phi) is 6.42. The molecule has 3 aromatic rings. The summed E-state index contributed by atoms with van der Waals surface area (Å²) in [7, 11) is 0. The molecule has 1 atom stereocenters. The number of aromatic nitrogens is 2.